The highest BCUT2D eigenvalue weighted by atomic mass is 32.1. The van der Waals surface area contributed by atoms with Crippen LogP contribution in [0.25, 0.3) is 0 Å². The lowest BCUT2D eigenvalue weighted by Gasteiger charge is -2.15. The summed E-state index contributed by atoms with van der Waals surface area (Å²) in [6, 6.07) is 3.11. The lowest BCUT2D eigenvalue weighted by molar-refractivity contribution is -0.124. The van der Waals surface area contributed by atoms with Gasteiger partial charge in [-0.1, -0.05) is 0 Å². The van der Waals surface area contributed by atoms with E-state index in [9.17, 15) is 9.59 Å². The van der Waals surface area contributed by atoms with Crippen LogP contribution in [0.4, 0.5) is 0 Å². The second-order valence-electron chi connectivity index (χ2n) is 5.38. The largest absolute Gasteiger partial charge is 0.459 e. The number of furan rings is 1. The molecule has 6 nitrogen and oxygen atoms in total. The Labute approximate surface area is 131 Å². The minimum atomic E-state index is -0.449. The second-order valence-corrected chi connectivity index (χ2v) is 6.22. The third-order valence-corrected chi connectivity index (χ3v) is 4.50. The molecule has 1 aliphatic rings. The highest BCUT2D eigenvalue weighted by Crippen LogP contribution is 2.20. The number of nitrogens with zero attached hydrogens (tertiary/aromatic N) is 2. The van der Waals surface area contributed by atoms with Crippen molar-refractivity contribution in [2.24, 2.45) is 4.99 Å². The molecule has 0 aliphatic heterocycles. The molecular formula is C15H17N3O3S. The standard InChI is InChI=1S/C15H17N3O3S/c1-9-8-22-15(17-14(20)12-4-3-7-21-12)18(9)10(2)13(19)16-11-5-6-11/h3-4,7-8,10-11H,5-6H2,1-2H3,(H,16,19). The summed E-state index contributed by atoms with van der Waals surface area (Å²) >= 11 is 1.34. The number of hydrogen-bond acceptors (Lipinski definition) is 4. The first-order valence-electron chi connectivity index (χ1n) is 7.16. The first kappa shape index (κ1) is 14.8. The molecule has 116 valence electrons. The molecule has 0 radical (unpaired) electrons. The summed E-state index contributed by atoms with van der Waals surface area (Å²) in [5.74, 6) is -0.306. The minimum absolute atomic E-state index is 0.0455. The van der Waals surface area contributed by atoms with E-state index < -0.39 is 11.9 Å². The van der Waals surface area contributed by atoms with Crippen LogP contribution in [0, 0.1) is 6.92 Å². The van der Waals surface area contributed by atoms with Crippen LogP contribution in [0.15, 0.2) is 33.2 Å². The maximum atomic E-state index is 12.2. The number of amides is 2. The monoisotopic (exact) mass is 319 g/mol. The van der Waals surface area contributed by atoms with E-state index in [0.717, 1.165) is 18.5 Å². The Morgan fingerprint density at radius 3 is 2.91 bits per heavy atom. The zero-order valence-corrected chi connectivity index (χ0v) is 13.2. The third-order valence-electron chi connectivity index (χ3n) is 3.54. The summed E-state index contributed by atoms with van der Waals surface area (Å²) in [6.07, 6.45) is 3.52. The Morgan fingerprint density at radius 2 is 2.27 bits per heavy atom. The van der Waals surface area contributed by atoms with Crippen molar-refractivity contribution in [3.8, 4) is 0 Å². The van der Waals surface area contributed by atoms with Crippen molar-refractivity contribution >= 4 is 23.2 Å². The van der Waals surface area contributed by atoms with Crippen LogP contribution in [0.1, 0.15) is 42.1 Å². The molecule has 1 unspecified atom stereocenters. The molecule has 1 aliphatic carbocycles. The number of rotatable bonds is 4. The Kier molecular flexibility index (Phi) is 3.98. The van der Waals surface area contributed by atoms with Crippen LogP contribution in [0.5, 0.6) is 0 Å². The average molecular weight is 319 g/mol. The third kappa shape index (κ3) is 3.04. The van der Waals surface area contributed by atoms with Crippen molar-refractivity contribution in [1.29, 1.82) is 0 Å². The molecule has 0 spiro atoms. The molecule has 3 rings (SSSR count). The quantitative estimate of drug-likeness (QED) is 0.937. The van der Waals surface area contributed by atoms with E-state index in [1.54, 1.807) is 16.7 Å². The molecule has 1 N–H and O–H groups in total. The van der Waals surface area contributed by atoms with Gasteiger partial charge >= 0.3 is 5.91 Å². The number of hydrogen-bond donors (Lipinski definition) is 1. The van der Waals surface area contributed by atoms with Gasteiger partial charge in [-0.25, -0.2) is 0 Å². The van der Waals surface area contributed by atoms with Crippen molar-refractivity contribution in [2.75, 3.05) is 0 Å². The van der Waals surface area contributed by atoms with Crippen molar-refractivity contribution in [1.82, 2.24) is 9.88 Å². The van der Waals surface area contributed by atoms with Crippen LogP contribution in [0.3, 0.4) is 0 Å². The van der Waals surface area contributed by atoms with E-state index in [-0.39, 0.29) is 11.7 Å². The van der Waals surface area contributed by atoms with Gasteiger partial charge in [0.1, 0.15) is 6.04 Å². The van der Waals surface area contributed by atoms with E-state index in [1.807, 2.05) is 19.2 Å². The molecule has 1 fully saturated rings. The second kappa shape index (κ2) is 5.92. The Morgan fingerprint density at radius 1 is 1.50 bits per heavy atom. The minimum Gasteiger partial charge on any atom is -0.459 e. The van der Waals surface area contributed by atoms with Crippen molar-refractivity contribution in [3.05, 3.63) is 40.0 Å². The zero-order valence-electron chi connectivity index (χ0n) is 12.4. The van der Waals surface area contributed by atoms with Gasteiger partial charge in [0.05, 0.1) is 6.26 Å². The first-order valence-corrected chi connectivity index (χ1v) is 8.04. The lowest BCUT2D eigenvalue weighted by Crippen LogP contribution is -2.36. The number of carbonyl (C=O) groups is 2. The summed E-state index contributed by atoms with van der Waals surface area (Å²) < 4.78 is 6.84. The van der Waals surface area contributed by atoms with E-state index in [1.165, 1.54) is 17.6 Å². The van der Waals surface area contributed by atoms with Gasteiger partial charge in [0, 0.05) is 17.1 Å². The van der Waals surface area contributed by atoms with Gasteiger partial charge in [0.25, 0.3) is 0 Å². The summed E-state index contributed by atoms with van der Waals surface area (Å²) in [5, 5.41) is 4.86. The molecule has 22 heavy (non-hydrogen) atoms. The van der Waals surface area contributed by atoms with E-state index in [4.69, 9.17) is 4.42 Å². The number of nitrogens with one attached hydrogen (secondary N) is 1. The normalized spacial score (nSPS) is 16.5. The number of thiazole rings is 1. The number of carbonyl (C=O) groups excluding carboxylic acids is 2. The fourth-order valence-electron chi connectivity index (χ4n) is 2.16. The smallest absolute Gasteiger partial charge is 0.315 e. The molecule has 2 aromatic rings. The predicted molar refractivity (Wildman–Crippen MR) is 81.5 cm³/mol. The molecule has 2 aromatic heterocycles. The van der Waals surface area contributed by atoms with Crippen LogP contribution >= 0.6 is 11.3 Å². The Bertz CT molecular complexity index is 753. The number of aryl methyl sites for hydroxylation is 1. The predicted octanol–water partition coefficient (Wildman–Crippen LogP) is 2.03. The highest BCUT2D eigenvalue weighted by Gasteiger charge is 2.27. The molecule has 2 heterocycles. The fourth-order valence-corrected chi connectivity index (χ4v) is 3.10. The Hall–Kier alpha value is -2.15. The van der Waals surface area contributed by atoms with Crippen LogP contribution in [-0.4, -0.2) is 22.4 Å². The SMILES string of the molecule is Cc1csc(=NC(=O)c2ccco2)n1C(C)C(=O)NC1CC1. The van der Waals surface area contributed by atoms with E-state index in [2.05, 4.69) is 10.3 Å². The zero-order chi connectivity index (χ0) is 15.7. The van der Waals surface area contributed by atoms with Gasteiger partial charge in [-0.3, -0.25) is 9.59 Å². The molecule has 1 atom stereocenters. The first-order chi connectivity index (χ1) is 10.6. The molecule has 0 aromatic carbocycles. The molecule has 0 bridgehead atoms. The van der Waals surface area contributed by atoms with Crippen molar-refractivity contribution in [2.45, 2.75) is 38.8 Å². The number of aromatic nitrogens is 1. The topological polar surface area (TPSA) is 76.6 Å². The van der Waals surface area contributed by atoms with E-state index in [0.29, 0.717) is 10.8 Å². The van der Waals surface area contributed by atoms with E-state index >= 15 is 0 Å². The van der Waals surface area contributed by atoms with Crippen molar-refractivity contribution in [3.63, 3.8) is 0 Å². The molecule has 2 amide bonds. The highest BCUT2D eigenvalue weighted by molar-refractivity contribution is 7.07. The fraction of sp³-hybridized carbons (Fsp3) is 0.400. The lowest BCUT2D eigenvalue weighted by atomic mass is 10.3. The van der Waals surface area contributed by atoms with Gasteiger partial charge in [-0.15, -0.1) is 11.3 Å². The molecule has 0 saturated heterocycles. The van der Waals surface area contributed by atoms with Gasteiger partial charge in [-0.05, 0) is 38.8 Å². The van der Waals surface area contributed by atoms with Crippen LogP contribution in [0.2, 0.25) is 0 Å². The molecule has 7 heteroatoms. The maximum absolute atomic E-state index is 12.2. The van der Waals surface area contributed by atoms with Gasteiger partial charge < -0.3 is 14.3 Å². The van der Waals surface area contributed by atoms with Gasteiger partial charge in [-0.2, -0.15) is 4.99 Å². The van der Waals surface area contributed by atoms with Gasteiger partial charge in [0.2, 0.25) is 5.91 Å². The molecular weight excluding hydrogens is 302 g/mol. The van der Waals surface area contributed by atoms with Gasteiger partial charge in [0.15, 0.2) is 10.6 Å². The summed E-state index contributed by atoms with van der Waals surface area (Å²) in [4.78, 5) is 28.9. The summed E-state index contributed by atoms with van der Waals surface area (Å²) in [7, 11) is 0. The summed E-state index contributed by atoms with van der Waals surface area (Å²) in [6.45, 7) is 3.71. The van der Waals surface area contributed by atoms with Crippen molar-refractivity contribution < 1.29 is 14.0 Å². The summed E-state index contributed by atoms with van der Waals surface area (Å²) in [5.41, 5.74) is 0.898. The average Bonchev–Trinajstić information content (AvgIpc) is 3.01. The van der Waals surface area contributed by atoms with Crippen LogP contribution in [-0.2, 0) is 4.79 Å². The maximum Gasteiger partial charge on any atom is 0.315 e. The Balaban J connectivity index is 1.89. The molecule has 1 saturated carbocycles. The van der Waals surface area contributed by atoms with Crippen LogP contribution < -0.4 is 10.1 Å².